The molecule has 164 valence electrons. The fraction of sp³-hybridized carbons (Fsp3) is 0.240. The lowest BCUT2D eigenvalue weighted by atomic mass is 10.2. The van der Waals surface area contributed by atoms with Crippen LogP contribution in [0, 0.1) is 0 Å². The van der Waals surface area contributed by atoms with Gasteiger partial charge in [-0.25, -0.2) is 9.97 Å². The number of hydrogen-bond donors (Lipinski definition) is 1. The molecule has 0 radical (unpaired) electrons. The summed E-state index contributed by atoms with van der Waals surface area (Å²) in [4.78, 5) is 21.6. The summed E-state index contributed by atoms with van der Waals surface area (Å²) in [5.41, 5.74) is 3.81. The van der Waals surface area contributed by atoms with Crippen molar-refractivity contribution in [1.29, 1.82) is 0 Å². The summed E-state index contributed by atoms with van der Waals surface area (Å²) in [6.45, 7) is 1.24. The maximum Gasteiger partial charge on any atom is 0.220 e. The Morgan fingerprint density at radius 3 is 2.66 bits per heavy atom. The number of amides is 1. The van der Waals surface area contributed by atoms with E-state index in [0.717, 1.165) is 28.1 Å². The number of carbonyl (C=O) groups is 1. The van der Waals surface area contributed by atoms with Gasteiger partial charge in [-0.1, -0.05) is 36.4 Å². The highest BCUT2D eigenvalue weighted by atomic mass is 16.5. The highest BCUT2D eigenvalue weighted by molar-refractivity contribution is 5.79. The van der Waals surface area contributed by atoms with Crippen molar-refractivity contribution >= 4 is 16.9 Å². The van der Waals surface area contributed by atoms with Crippen LogP contribution in [0.15, 0.2) is 72.9 Å². The minimum atomic E-state index is -0.0524. The second-order valence-electron chi connectivity index (χ2n) is 7.27. The third-order valence-electron chi connectivity index (χ3n) is 5.07. The summed E-state index contributed by atoms with van der Waals surface area (Å²) >= 11 is 0. The molecule has 0 aliphatic rings. The van der Waals surface area contributed by atoms with E-state index in [0.29, 0.717) is 38.5 Å². The minimum Gasteiger partial charge on any atom is -0.475 e. The van der Waals surface area contributed by atoms with Crippen LogP contribution in [0.1, 0.15) is 17.8 Å². The Morgan fingerprint density at radius 2 is 1.81 bits per heavy atom. The van der Waals surface area contributed by atoms with Crippen molar-refractivity contribution in [3.05, 3.63) is 84.3 Å². The first-order valence-electron chi connectivity index (χ1n) is 10.6. The lowest BCUT2D eigenvalue weighted by Crippen LogP contribution is -2.24. The van der Waals surface area contributed by atoms with E-state index in [-0.39, 0.29) is 5.91 Å². The molecule has 2 aromatic heterocycles. The molecule has 7 nitrogen and oxygen atoms in total. The molecular formula is C25H26N4O3. The van der Waals surface area contributed by atoms with Gasteiger partial charge in [0.15, 0.2) is 0 Å². The Balaban J connectivity index is 1.42. The van der Waals surface area contributed by atoms with Gasteiger partial charge in [0.1, 0.15) is 12.4 Å². The van der Waals surface area contributed by atoms with Gasteiger partial charge in [0, 0.05) is 43.9 Å². The second kappa shape index (κ2) is 10.5. The monoisotopic (exact) mass is 430 g/mol. The zero-order chi connectivity index (χ0) is 22.2. The average molecular weight is 431 g/mol. The summed E-state index contributed by atoms with van der Waals surface area (Å²) in [5, 5.41) is 2.97. The highest BCUT2D eigenvalue weighted by Crippen LogP contribution is 2.22. The molecule has 32 heavy (non-hydrogen) atoms. The number of benzene rings is 2. The van der Waals surface area contributed by atoms with Crippen molar-refractivity contribution in [2.24, 2.45) is 0 Å². The Bertz CT molecular complexity index is 1170. The van der Waals surface area contributed by atoms with Gasteiger partial charge in [0.2, 0.25) is 11.8 Å². The van der Waals surface area contributed by atoms with Crippen LogP contribution in [-0.4, -0.2) is 40.8 Å². The molecule has 1 N–H and O–H groups in total. The largest absolute Gasteiger partial charge is 0.475 e. The summed E-state index contributed by atoms with van der Waals surface area (Å²) < 4.78 is 12.8. The number of nitrogens with zero attached hydrogens (tertiary/aromatic N) is 3. The topological polar surface area (TPSA) is 78.3 Å². The molecule has 2 heterocycles. The molecule has 0 saturated heterocycles. The summed E-state index contributed by atoms with van der Waals surface area (Å²) in [6.07, 6.45) is 2.53. The van der Waals surface area contributed by atoms with E-state index in [1.54, 1.807) is 13.3 Å². The van der Waals surface area contributed by atoms with E-state index in [4.69, 9.17) is 14.5 Å². The first kappa shape index (κ1) is 21.5. The van der Waals surface area contributed by atoms with E-state index in [2.05, 4.69) is 14.9 Å². The van der Waals surface area contributed by atoms with Gasteiger partial charge in [-0.15, -0.1) is 0 Å². The molecule has 0 spiro atoms. The predicted molar refractivity (Wildman–Crippen MR) is 123 cm³/mol. The quantitative estimate of drug-likeness (QED) is 0.388. The van der Waals surface area contributed by atoms with E-state index in [1.165, 1.54) is 0 Å². The van der Waals surface area contributed by atoms with Gasteiger partial charge in [-0.2, -0.15) is 0 Å². The number of imidazole rings is 1. The van der Waals surface area contributed by atoms with Crippen LogP contribution in [0.4, 0.5) is 0 Å². The normalized spacial score (nSPS) is 10.9. The van der Waals surface area contributed by atoms with E-state index < -0.39 is 0 Å². The van der Waals surface area contributed by atoms with Gasteiger partial charge in [0.05, 0.1) is 17.6 Å². The van der Waals surface area contributed by atoms with Crippen LogP contribution >= 0.6 is 0 Å². The van der Waals surface area contributed by atoms with Crippen LogP contribution in [0.5, 0.6) is 5.88 Å². The maximum atomic E-state index is 12.6. The minimum absolute atomic E-state index is 0.0524. The Kier molecular flexibility index (Phi) is 7.09. The number of rotatable bonds is 10. The Morgan fingerprint density at radius 1 is 1.00 bits per heavy atom. The third-order valence-corrected chi connectivity index (χ3v) is 5.07. The van der Waals surface area contributed by atoms with Crippen molar-refractivity contribution in [3.8, 4) is 11.6 Å². The van der Waals surface area contributed by atoms with E-state index in [9.17, 15) is 4.79 Å². The van der Waals surface area contributed by atoms with Crippen molar-refractivity contribution in [2.45, 2.75) is 19.4 Å². The SMILES string of the molecule is COCCOc1ncccc1CNC(=O)CCc1nc2ccccc2n1-c1ccccc1. The first-order valence-corrected chi connectivity index (χ1v) is 10.6. The van der Waals surface area contributed by atoms with Gasteiger partial charge >= 0.3 is 0 Å². The fourth-order valence-electron chi connectivity index (χ4n) is 3.53. The summed E-state index contributed by atoms with van der Waals surface area (Å²) in [6, 6.07) is 21.8. The number of methoxy groups -OCH3 is 1. The highest BCUT2D eigenvalue weighted by Gasteiger charge is 2.14. The van der Waals surface area contributed by atoms with Crippen LogP contribution in [-0.2, 0) is 22.5 Å². The molecule has 7 heteroatoms. The number of aryl methyl sites for hydroxylation is 1. The molecule has 0 atom stereocenters. The third kappa shape index (κ3) is 5.12. The molecule has 2 aromatic carbocycles. The number of carbonyl (C=O) groups excluding carboxylic acids is 1. The lowest BCUT2D eigenvalue weighted by molar-refractivity contribution is -0.121. The molecular weight excluding hydrogens is 404 g/mol. The molecule has 0 unspecified atom stereocenters. The molecule has 4 rings (SSSR count). The molecule has 1 amide bonds. The zero-order valence-electron chi connectivity index (χ0n) is 18.0. The van der Waals surface area contributed by atoms with Crippen molar-refractivity contribution in [3.63, 3.8) is 0 Å². The predicted octanol–water partition coefficient (Wildman–Crippen LogP) is 3.69. The number of fused-ring (bicyclic) bond motifs is 1. The van der Waals surface area contributed by atoms with Crippen LogP contribution in [0.3, 0.4) is 0 Å². The van der Waals surface area contributed by atoms with Crippen molar-refractivity contribution < 1.29 is 14.3 Å². The second-order valence-corrected chi connectivity index (χ2v) is 7.27. The molecule has 4 aromatic rings. The van der Waals surface area contributed by atoms with Crippen molar-refractivity contribution in [1.82, 2.24) is 19.9 Å². The lowest BCUT2D eigenvalue weighted by Gasteiger charge is -2.11. The maximum absolute atomic E-state index is 12.6. The summed E-state index contributed by atoms with van der Waals surface area (Å²) in [7, 11) is 1.62. The number of para-hydroxylation sites is 3. The van der Waals surface area contributed by atoms with Gasteiger partial charge in [0.25, 0.3) is 0 Å². The van der Waals surface area contributed by atoms with E-state index in [1.807, 2.05) is 66.7 Å². The standard InChI is InChI=1S/C25H26N4O3/c1-31-16-17-32-25-19(8-7-15-26-25)18-27-24(30)14-13-23-28-21-11-5-6-12-22(21)29(23)20-9-3-2-4-10-20/h2-12,15H,13-14,16-18H2,1H3,(H,27,30). The first-order chi connectivity index (χ1) is 15.8. The van der Waals surface area contributed by atoms with E-state index >= 15 is 0 Å². The van der Waals surface area contributed by atoms with Crippen LogP contribution < -0.4 is 10.1 Å². The molecule has 0 saturated carbocycles. The number of ether oxygens (including phenoxy) is 2. The molecule has 0 aliphatic heterocycles. The average Bonchev–Trinajstić information content (AvgIpc) is 3.21. The van der Waals surface area contributed by atoms with Crippen molar-refractivity contribution in [2.75, 3.05) is 20.3 Å². The molecule has 0 bridgehead atoms. The summed E-state index contributed by atoms with van der Waals surface area (Å²) in [5.74, 6) is 1.32. The van der Waals surface area contributed by atoms with Gasteiger partial charge in [-0.05, 0) is 30.3 Å². The molecule has 0 fully saturated rings. The fourth-order valence-corrected chi connectivity index (χ4v) is 3.53. The Labute approximate surface area is 187 Å². The zero-order valence-corrected chi connectivity index (χ0v) is 18.0. The number of aromatic nitrogens is 3. The van der Waals surface area contributed by atoms with Crippen LogP contribution in [0.25, 0.3) is 16.7 Å². The number of pyridine rings is 1. The number of hydrogen-bond acceptors (Lipinski definition) is 5. The van der Waals surface area contributed by atoms with Gasteiger partial charge < -0.3 is 14.8 Å². The number of nitrogens with one attached hydrogen (secondary N) is 1. The van der Waals surface area contributed by atoms with Crippen LogP contribution in [0.2, 0.25) is 0 Å². The Hall–Kier alpha value is -3.71. The smallest absolute Gasteiger partial charge is 0.220 e. The molecule has 0 aliphatic carbocycles. The van der Waals surface area contributed by atoms with Gasteiger partial charge in [-0.3, -0.25) is 9.36 Å².